The lowest BCUT2D eigenvalue weighted by Gasteiger charge is -2.20. The van der Waals surface area contributed by atoms with Crippen molar-refractivity contribution in [2.24, 2.45) is 5.92 Å². The van der Waals surface area contributed by atoms with Crippen LogP contribution in [0.1, 0.15) is 41.8 Å². The van der Waals surface area contributed by atoms with Gasteiger partial charge in [-0.1, -0.05) is 49.7 Å². The predicted molar refractivity (Wildman–Crippen MR) is 142 cm³/mol. The Kier molecular flexibility index (Phi) is 8.43. The SMILES string of the molecule is Cc1cc(S(=O)(=O)Nc2cccc(-c3ccc(C(=O)NC(CC(=O)O)C(C)C)cc3)c2)c(C)cc1Cl. The summed E-state index contributed by atoms with van der Waals surface area (Å²) in [5, 5.41) is 12.4. The molecule has 190 valence electrons. The molecule has 0 saturated carbocycles. The fourth-order valence-electron chi connectivity index (χ4n) is 3.72. The van der Waals surface area contributed by atoms with Gasteiger partial charge in [-0.2, -0.15) is 0 Å². The Morgan fingerprint density at radius 2 is 1.61 bits per heavy atom. The average Bonchev–Trinajstić information content (AvgIpc) is 2.80. The van der Waals surface area contributed by atoms with Crippen molar-refractivity contribution in [3.8, 4) is 11.1 Å². The fraction of sp³-hybridized carbons (Fsp3) is 0.259. The van der Waals surface area contributed by atoms with E-state index in [0.29, 0.717) is 27.4 Å². The first-order chi connectivity index (χ1) is 16.9. The number of hydrogen-bond acceptors (Lipinski definition) is 4. The molecule has 3 aromatic rings. The normalized spacial score (nSPS) is 12.3. The molecule has 0 bridgehead atoms. The third-order valence-electron chi connectivity index (χ3n) is 5.86. The first-order valence-corrected chi connectivity index (χ1v) is 13.3. The molecule has 0 aromatic heterocycles. The van der Waals surface area contributed by atoms with Crippen molar-refractivity contribution in [1.29, 1.82) is 0 Å². The summed E-state index contributed by atoms with van der Waals surface area (Å²) >= 11 is 6.11. The Balaban J connectivity index is 1.79. The number of aryl methyl sites for hydroxylation is 2. The Hall–Kier alpha value is -3.36. The molecule has 0 aliphatic carbocycles. The molecule has 7 nitrogen and oxygen atoms in total. The van der Waals surface area contributed by atoms with Gasteiger partial charge in [-0.15, -0.1) is 0 Å². The number of hydrogen-bond donors (Lipinski definition) is 3. The summed E-state index contributed by atoms with van der Waals surface area (Å²) in [6.07, 6.45) is -0.153. The lowest BCUT2D eigenvalue weighted by atomic mass is 9.99. The standard InChI is InChI=1S/C27H29ClN2O5S/c1-16(2)24(15-26(31)32)29-27(33)20-10-8-19(9-11-20)21-6-5-7-22(14-21)30-36(34,35)25-13-17(3)23(28)12-18(25)4/h5-14,16,24,30H,15H2,1-4H3,(H,29,33)(H,31,32). The maximum absolute atomic E-state index is 13.0. The van der Waals surface area contributed by atoms with Gasteiger partial charge in [0.1, 0.15) is 0 Å². The van der Waals surface area contributed by atoms with Gasteiger partial charge >= 0.3 is 5.97 Å². The number of rotatable bonds is 9. The van der Waals surface area contributed by atoms with Gasteiger partial charge in [-0.05, 0) is 78.4 Å². The number of carboxylic acids is 1. The Morgan fingerprint density at radius 3 is 2.22 bits per heavy atom. The number of sulfonamides is 1. The van der Waals surface area contributed by atoms with Crippen LogP contribution in [-0.4, -0.2) is 31.4 Å². The molecule has 9 heteroatoms. The summed E-state index contributed by atoms with van der Waals surface area (Å²) in [5.74, 6) is -1.35. The first-order valence-electron chi connectivity index (χ1n) is 11.4. The fourth-order valence-corrected chi connectivity index (χ4v) is 5.30. The van der Waals surface area contributed by atoms with E-state index in [2.05, 4.69) is 10.0 Å². The summed E-state index contributed by atoms with van der Waals surface area (Å²) in [5.41, 5.74) is 3.57. The minimum atomic E-state index is -3.83. The first kappa shape index (κ1) is 27.2. The van der Waals surface area contributed by atoms with Crippen molar-refractivity contribution < 1.29 is 23.1 Å². The van der Waals surface area contributed by atoms with Crippen LogP contribution >= 0.6 is 11.6 Å². The summed E-state index contributed by atoms with van der Waals surface area (Å²) in [4.78, 5) is 23.9. The van der Waals surface area contributed by atoms with Gasteiger partial charge in [0.2, 0.25) is 0 Å². The van der Waals surface area contributed by atoms with Gasteiger partial charge in [0.05, 0.1) is 11.3 Å². The van der Waals surface area contributed by atoms with Crippen LogP contribution in [0, 0.1) is 19.8 Å². The number of carbonyl (C=O) groups is 2. The largest absolute Gasteiger partial charge is 0.481 e. The maximum atomic E-state index is 13.0. The molecular formula is C27H29ClN2O5S. The summed E-state index contributed by atoms with van der Waals surface area (Å²) < 4.78 is 28.7. The highest BCUT2D eigenvalue weighted by atomic mass is 35.5. The molecule has 3 N–H and O–H groups in total. The van der Waals surface area contributed by atoms with E-state index in [1.807, 2.05) is 19.9 Å². The van der Waals surface area contributed by atoms with Crippen LogP contribution in [0.15, 0.2) is 65.6 Å². The van der Waals surface area contributed by atoms with Gasteiger partial charge in [0.15, 0.2) is 0 Å². The highest BCUT2D eigenvalue weighted by Gasteiger charge is 2.21. The van der Waals surface area contributed by atoms with Crippen LogP contribution in [0.25, 0.3) is 11.1 Å². The molecule has 0 radical (unpaired) electrons. The molecule has 0 aliphatic rings. The second-order valence-corrected chi connectivity index (χ2v) is 11.1. The topological polar surface area (TPSA) is 113 Å². The predicted octanol–water partition coefficient (Wildman–Crippen LogP) is 5.65. The number of aliphatic carboxylic acids is 1. The van der Waals surface area contributed by atoms with Crippen LogP contribution in [0.4, 0.5) is 5.69 Å². The third-order valence-corrected chi connectivity index (χ3v) is 7.79. The van der Waals surface area contributed by atoms with E-state index >= 15 is 0 Å². The van der Waals surface area contributed by atoms with Crippen LogP contribution in [0.5, 0.6) is 0 Å². The van der Waals surface area contributed by atoms with Gasteiger partial charge in [-0.25, -0.2) is 8.42 Å². The van der Waals surface area contributed by atoms with E-state index in [-0.39, 0.29) is 23.1 Å². The molecular weight excluding hydrogens is 500 g/mol. The zero-order chi connectivity index (χ0) is 26.6. The van der Waals surface area contributed by atoms with Crippen molar-refractivity contribution in [2.45, 2.75) is 45.1 Å². The number of amides is 1. The van der Waals surface area contributed by atoms with E-state index in [4.69, 9.17) is 16.7 Å². The molecule has 3 aromatic carbocycles. The van der Waals surface area contributed by atoms with Crippen LogP contribution in [-0.2, 0) is 14.8 Å². The molecule has 3 rings (SSSR count). The minimum Gasteiger partial charge on any atom is -0.481 e. The van der Waals surface area contributed by atoms with Crippen molar-refractivity contribution in [3.63, 3.8) is 0 Å². The van der Waals surface area contributed by atoms with Gasteiger partial charge in [0, 0.05) is 22.3 Å². The van der Waals surface area contributed by atoms with E-state index in [0.717, 1.165) is 11.1 Å². The summed E-state index contributed by atoms with van der Waals surface area (Å²) in [6.45, 7) is 7.15. The number of carboxylic acid groups (broad SMARTS) is 1. The van der Waals surface area contributed by atoms with Gasteiger partial charge in [-0.3, -0.25) is 14.3 Å². The van der Waals surface area contributed by atoms with E-state index in [9.17, 15) is 18.0 Å². The number of nitrogens with one attached hydrogen (secondary N) is 2. The van der Waals surface area contributed by atoms with Crippen LogP contribution in [0.3, 0.4) is 0 Å². The molecule has 0 spiro atoms. The Bertz CT molecular complexity index is 1390. The molecule has 0 heterocycles. The second kappa shape index (κ2) is 11.1. The highest BCUT2D eigenvalue weighted by molar-refractivity contribution is 7.92. The van der Waals surface area contributed by atoms with Crippen LogP contribution < -0.4 is 10.0 Å². The zero-order valence-corrected chi connectivity index (χ0v) is 22.1. The van der Waals surface area contributed by atoms with Gasteiger partial charge < -0.3 is 10.4 Å². The second-order valence-electron chi connectivity index (χ2n) is 9.05. The smallest absolute Gasteiger partial charge is 0.305 e. The average molecular weight is 529 g/mol. The number of halogens is 1. The lowest BCUT2D eigenvalue weighted by molar-refractivity contribution is -0.137. The van der Waals surface area contributed by atoms with Crippen molar-refractivity contribution in [1.82, 2.24) is 5.32 Å². The monoisotopic (exact) mass is 528 g/mol. The highest BCUT2D eigenvalue weighted by Crippen LogP contribution is 2.28. The Morgan fingerprint density at radius 1 is 0.944 bits per heavy atom. The number of carbonyl (C=O) groups excluding carboxylic acids is 1. The van der Waals surface area contributed by atoms with Gasteiger partial charge in [0.25, 0.3) is 15.9 Å². The van der Waals surface area contributed by atoms with E-state index in [1.165, 1.54) is 0 Å². The quantitative estimate of drug-likeness (QED) is 0.332. The van der Waals surface area contributed by atoms with Crippen molar-refractivity contribution >= 4 is 39.2 Å². The Labute approximate surface area is 216 Å². The van der Waals surface area contributed by atoms with Crippen LogP contribution in [0.2, 0.25) is 5.02 Å². The molecule has 36 heavy (non-hydrogen) atoms. The summed E-state index contributed by atoms with van der Waals surface area (Å²) in [7, 11) is -3.83. The van der Waals surface area contributed by atoms with E-state index in [1.54, 1.807) is 68.4 Å². The molecule has 0 saturated heterocycles. The molecule has 0 fully saturated rings. The molecule has 1 unspecified atom stereocenters. The maximum Gasteiger partial charge on any atom is 0.305 e. The van der Waals surface area contributed by atoms with Crippen molar-refractivity contribution in [2.75, 3.05) is 4.72 Å². The number of benzene rings is 3. The van der Waals surface area contributed by atoms with Crippen molar-refractivity contribution in [3.05, 3.63) is 82.4 Å². The molecule has 0 aliphatic heterocycles. The lowest BCUT2D eigenvalue weighted by Crippen LogP contribution is -2.40. The minimum absolute atomic E-state index is 0.0311. The summed E-state index contributed by atoms with van der Waals surface area (Å²) in [6, 6.07) is 16.5. The third kappa shape index (κ3) is 6.65. The number of anilines is 1. The molecule has 1 amide bonds. The molecule has 1 atom stereocenters. The zero-order valence-electron chi connectivity index (χ0n) is 20.5. The van der Waals surface area contributed by atoms with E-state index < -0.39 is 22.0 Å².